The number of nitrogens with zero attached hydrogens (tertiary/aromatic N) is 5. The van der Waals surface area contributed by atoms with Gasteiger partial charge in [-0.25, -0.2) is 9.97 Å². The molecule has 3 aromatic rings. The molecule has 0 unspecified atom stereocenters. The largest absolute Gasteiger partial charge is 0.393 e. The number of rotatable bonds is 5. The monoisotopic (exact) mass is 379 g/mol. The molecule has 7 nitrogen and oxygen atoms in total. The number of aryl methyl sites for hydroxylation is 2. The van der Waals surface area contributed by atoms with E-state index in [1.165, 1.54) is 0 Å². The van der Waals surface area contributed by atoms with E-state index in [1.54, 1.807) is 0 Å². The summed E-state index contributed by atoms with van der Waals surface area (Å²) in [6.45, 7) is 5.02. The molecule has 2 aromatic heterocycles. The molecule has 2 N–H and O–H groups in total. The van der Waals surface area contributed by atoms with Crippen LogP contribution in [0.3, 0.4) is 0 Å². The highest BCUT2D eigenvalue weighted by atomic mass is 16.3. The van der Waals surface area contributed by atoms with Crippen LogP contribution >= 0.6 is 0 Å². The van der Waals surface area contributed by atoms with E-state index in [1.807, 2.05) is 41.3 Å². The summed E-state index contributed by atoms with van der Waals surface area (Å²) in [6, 6.07) is 10.0. The molecule has 1 aliphatic heterocycles. The maximum absolute atomic E-state index is 9.83. The number of hydrogen-bond acceptors (Lipinski definition) is 6. The molecule has 146 valence electrons. The van der Waals surface area contributed by atoms with Gasteiger partial charge >= 0.3 is 0 Å². The third-order valence-corrected chi connectivity index (χ3v) is 5.12. The summed E-state index contributed by atoms with van der Waals surface area (Å²) in [7, 11) is 0. The van der Waals surface area contributed by atoms with Crippen LogP contribution in [-0.4, -0.2) is 48.0 Å². The van der Waals surface area contributed by atoms with Crippen molar-refractivity contribution in [3.63, 3.8) is 0 Å². The first-order valence-electron chi connectivity index (χ1n) is 9.59. The van der Waals surface area contributed by atoms with Gasteiger partial charge in [0.2, 0.25) is 0 Å². The van der Waals surface area contributed by atoms with E-state index in [-0.39, 0.29) is 6.61 Å². The van der Waals surface area contributed by atoms with Gasteiger partial charge in [0.15, 0.2) is 5.82 Å². The van der Waals surface area contributed by atoms with E-state index < -0.39 is 6.10 Å². The number of fused-ring (bicyclic) bond motifs is 1. The normalized spacial score (nSPS) is 15.8. The summed E-state index contributed by atoms with van der Waals surface area (Å²) in [4.78, 5) is 11.5. The summed E-state index contributed by atoms with van der Waals surface area (Å²) in [5.41, 5.74) is 4.88. The fourth-order valence-electron chi connectivity index (χ4n) is 3.60. The lowest BCUT2D eigenvalue weighted by atomic mass is 10.1. The Labute approximate surface area is 164 Å². The highest BCUT2D eigenvalue weighted by Gasteiger charge is 2.19. The van der Waals surface area contributed by atoms with E-state index in [9.17, 15) is 5.11 Å². The summed E-state index contributed by atoms with van der Waals surface area (Å²) < 4.78 is 1.94. The first-order chi connectivity index (χ1) is 13.6. The zero-order chi connectivity index (χ0) is 19.5. The minimum atomic E-state index is -0.921. The topological polar surface area (TPSA) is 87.3 Å². The molecule has 1 aromatic carbocycles. The lowest BCUT2D eigenvalue weighted by Gasteiger charge is -2.19. The fourth-order valence-corrected chi connectivity index (χ4v) is 3.60. The van der Waals surface area contributed by atoms with Crippen LogP contribution < -0.4 is 0 Å². The Hall–Kier alpha value is -2.61. The van der Waals surface area contributed by atoms with Crippen LogP contribution in [0, 0.1) is 6.92 Å². The molecule has 0 bridgehead atoms. The minimum Gasteiger partial charge on any atom is -0.393 e. The SMILES string of the molecule is Cc1ccccc1-c1ncc(CN2CCCn3nc([C@H](O)CO)cc3C2)cn1. The van der Waals surface area contributed by atoms with Crippen LogP contribution in [0.4, 0.5) is 0 Å². The molecule has 0 saturated carbocycles. The van der Waals surface area contributed by atoms with Gasteiger partial charge in [-0.15, -0.1) is 0 Å². The third-order valence-electron chi connectivity index (χ3n) is 5.12. The van der Waals surface area contributed by atoms with Crippen LogP contribution in [-0.2, 0) is 19.6 Å². The van der Waals surface area contributed by atoms with Gasteiger partial charge in [0, 0.05) is 49.7 Å². The molecule has 0 spiro atoms. The van der Waals surface area contributed by atoms with Crippen molar-refractivity contribution in [2.24, 2.45) is 0 Å². The van der Waals surface area contributed by atoms with Crippen molar-refractivity contribution in [2.45, 2.75) is 39.1 Å². The van der Waals surface area contributed by atoms with Gasteiger partial charge in [-0.3, -0.25) is 9.58 Å². The Kier molecular flexibility index (Phi) is 5.47. The standard InChI is InChI=1S/C21H25N5O2/c1-15-5-2-3-6-18(15)21-22-10-16(11-23-21)12-25-7-4-8-26-17(13-25)9-19(24-26)20(28)14-27/h2-3,5-6,9-11,20,27-28H,4,7-8,12-14H2,1H3/t20-/m1/s1. The average molecular weight is 379 g/mol. The van der Waals surface area contributed by atoms with Crippen LogP contribution in [0.1, 0.15) is 35.0 Å². The van der Waals surface area contributed by atoms with Gasteiger partial charge in [-0.1, -0.05) is 24.3 Å². The van der Waals surface area contributed by atoms with Gasteiger partial charge in [-0.05, 0) is 25.0 Å². The zero-order valence-electron chi connectivity index (χ0n) is 16.0. The first-order valence-corrected chi connectivity index (χ1v) is 9.59. The highest BCUT2D eigenvalue weighted by molar-refractivity contribution is 5.59. The van der Waals surface area contributed by atoms with E-state index in [0.717, 1.165) is 60.8 Å². The summed E-state index contributed by atoms with van der Waals surface area (Å²) in [5, 5.41) is 23.4. The predicted molar refractivity (Wildman–Crippen MR) is 105 cm³/mol. The highest BCUT2D eigenvalue weighted by Crippen LogP contribution is 2.21. The Morgan fingerprint density at radius 1 is 1.14 bits per heavy atom. The zero-order valence-corrected chi connectivity index (χ0v) is 16.0. The molecule has 0 amide bonds. The average Bonchev–Trinajstić information content (AvgIpc) is 3.01. The third kappa shape index (κ3) is 3.96. The molecule has 0 radical (unpaired) electrons. The van der Waals surface area contributed by atoms with E-state index in [2.05, 4.69) is 33.0 Å². The second kappa shape index (κ2) is 8.18. The second-order valence-electron chi connectivity index (χ2n) is 7.28. The number of benzene rings is 1. The summed E-state index contributed by atoms with van der Waals surface area (Å²) in [6.07, 6.45) is 3.86. The molecule has 28 heavy (non-hydrogen) atoms. The lowest BCUT2D eigenvalue weighted by molar-refractivity contribution is 0.0916. The lowest BCUT2D eigenvalue weighted by Crippen LogP contribution is -2.23. The molecule has 0 saturated heterocycles. The Morgan fingerprint density at radius 3 is 2.68 bits per heavy atom. The van der Waals surface area contributed by atoms with Crippen LogP contribution in [0.15, 0.2) is 42.7 Å². The van der Waals surface area contributed by atoms with E-state index in [0.29, 0.717) is 5.69 Å². The van der Waals surface area contributed by atoms with Crippen LogP contribution in [0.5, 0.6) is 0 Å². The molecule has 1 aliphatic rings. The Morgan fingerprint density at radius 2 is 1.93 bits per heavy atom. The molecule has 7 heteroatoms. The smallest absolute Gasteiger partial charge is 0.159 e. The van der Waals surface area contributed by atoms with E-state index >= 15 is 0 Å². The molecular formula is C21H25N5O2. The summed E-state index contributed by atoms with van der Waals surface area (Å²) >= 11 is 0. The molecule has 3 heterocycles. The number of aliphatic hydroxyl groups excluding tert-OH is 2. The van der Waals surface area contributed by atoms with Crippen molar-refractivity contribution in [1.29, 1.82) is 0 Å². The summed E-state index contributed by atoms with van der Waals surface area (Å²) in [5.74, 6) is 0.749. The quantitative estimate of drug-likeness (QED) is 0.706. The maximum Gasteiger partial charge on any atom is 0.159 e. The Balaban J connectivity index is 1.47. The molecular weight excluding hydrogens is 354 g/mol. The predicted octanol–water partition coefficient (Wildman–Crippen LogP) is 2.08. The maximum atomic E-state index is 9.83. The minimum absolute atomic E-state index is 0.315. The van der Waals surface area contributed by atoms with E-state index in [4.69, 9.17) is 5.11 Å². The second-order valence-corrected chi connectivity index (χ2v) is 7.28. The van der Waals surface area contributed by atoms with Crippen molar-refractivity contribution < 1.29 is 10.2 Å². The van der Waals surface area contributed by atoms with Crippen molar-refractivity contribution in [3.8, 4) is 11.4 Å². The van der Waals surface area contributed by atoms with Gasteiger partial charge in [-0.2, -0.15) is 5.10 Å². The van der Waals surface area contributed by atoms with Gasteiger partial charge < -0.3 is 10.2 Å². The van der Waals surface area contributed by atoms with Crippen molar-refractivity contribution in [2.75, 3.05) is 13.2 Å². The van der Waals surface area contributed by atoms with Gasteiger partial charge in [0.25, 0.3) is 0 Å². The van der Waals surface area contributed by atoms with Crippen LogP contribution in [0.2, 0.25) is 0 Å². The Bertz CT molecular complexity index is 938. The number of aromatic nitrogens is 4. The molecule has 4 rings (SSSR count). The van der Waals surface area contributed by atoms with Crippen molar-refractivity contribution in [3.05, 3.63) is 65.2 Å². The number of hydrogen-bond donors (Lipinski definition) is 2. The fraction of sp³-hybridized carbons (Fsp3) is 0.381. The molecule has 0 aliphatic carbocycles. The molecule has 0 fully saturated rings. The first kappa shape index (κ1) is 18.7. The van der Waals surface area contributed by atoms with Gasteiger partial charge in [0.1, 0.15) is 6.10 Å². The van der Waals surface area contributed by atoms with Crippen molar-refractivity contribution >= 4 is 0 Å². The number of aliphatic hydroxyl groups is 2. The molecule has 1 atom stereocenters. The van der Waals surface area contributed by atoms with Crippen LogP contribution in [0.25, 0.3) is 11.4 Å². The van der Waals surface area contributed by atoms with Crippen molar-refractivity contribution in [1.82, 2.24) is 24.6 Å². The van der Waals surface area contributed by atoms with Gasteiger partial charge in [0.05, 0.1) is 18.0 Å².